The van der Waals surface area contributed by atoms with Crippen molar-refractivity contribution in [3.8, 4) is 0 Å². The van der Waals surface area contributed by atoms with Crippen LogP contribution in [0.5, 0.6) is 0 Å². The first-order valence-corrected chi connectivity index (χ1v) is 17.8. The molecule has 2 fully saturated rings. The number of nitrogens with zero attached hydrogens (tertiary/aromatic N) is 4. The molecule has 5 aromatic rings. The van der Waals surface area contributed by atoms with Crippen molar-refractivity contribution < 1.29 is 45.5 Å². The quantitative estimate of drug-likeness (QED) is 0.103. The summed E-state index contributed by atoms with van der Waals surface area (Å²) >= 11 is 0. The van der Waals surface area contributed by atoms with Crippen LogP contribution in [0.1, 0.15) is 47.4 Å². The summed E-state index contributed by atoms with van der Waals surface area (Å²) in [5.74, 6) is -3.04. The molecule has 0 bridgehead atoms. The van der Waals surface area contributed by atoms with E-state index in [1.807, 2.05) is 97.1 Å². The molecule has 3 amide bonds. The number of hydrogen-bond acceptors (Lipinski definition) is 7. The van der Waals surface area contributed by atoms with Crippen molar-refractivity contribution in [3.05, 3.63) is 155 Å². The second-order valence-corrected chi connectivity index (χ2v) is 13.3. The van der Waals surface area contributed by atoms with Gasteiger partial charge in [-0.1, -0.05) is 127 Å². The first kappa shape index (κ1) is 38.1. The van der Waals surface area contributed by atoms with Crippen molar-refractivity contribution in [3.63, 3.8) is 0 Å². The van der Waals surface area contributed by atoms with E-state index >= 15 is 0 Å². The Hall–Kier alpha value is -5.64. The number of carboxylic acid groups (broad SMARTS) is 1. The molecular formula is C43H39N4NiO6-. The topological polar surface area (TPSA) is 131 Å². The van der Waals surface area contributed by atoms with Crippen LogP contribution in [0.25, 0.3) is 16.1 Å². The van der Waals surface area contributed by atoms with Crippen molar-refractivity contribution in [2.45, 2.75) is 43.8 Å². The number of imide groups is 1. The van der Waals surface area contributed by atoms with Crippen LogP contribution in [-0.2, 0) is 42.2 Å². The number of fused-ring (bicyclic) bond motifs is 1. The normalized spacial score (nSPS) is 17.0. The minimum absolute atomic E-state index is 0. The van der Waals surface area contributed by atoms with Crippen molar-refractivity contribution in [2.75, 3.05) is 19.7 Å². The van der Waals surface area contributed by atoms with Crippen LogP contribution in [0.4, 0.5) is 10.5 Å². The Kier molecular flexibility index (Phi) is 12.3. The molecule has 2 aliphatic rings. The maximum atomic E-state index is 13.9. The maximum absolute atomic E-state index is 13.9. The van der Waals surface area contributed by atoms with Crippen LogP contribution in [0.2, 0.25) is 0 Å². The molecule has 11 heteroatoms. The van der Waals surface area contributed by atoms with E-state index in [-0.39, 0.29) is 42.0 Å². The first-order chi connectivity index (χ1) is 25.9. The van der Waals surface area contributed by atoms with E-state index in [0.29, 0.717) is 41.1 Å². The van der Waals surface area contributed by atoms with E-state index in [9.17, 15) is 24.3 Å². The van der Waals surface area contributed by atoms with Gasteiger partial charge in [0.2, 0.25) is 5.91 Å². The molecule has 0 spiro atoms. The van der Waals surface area contributed by atoms with Crippen molar-refractivity contribution >= 4 is 46.0 Å². The zero-order valence-electron chi connectivity index (χ0n) is 29.4. The van der Waals surface area contributed by atoms with Gasteiger partial charge < -0.3 is 20.0 Å². The SMILES string of the molecule is O=C(O)[C@@H](N=C(c1ccccc1)c1ccccc1[N-]C(=O)[C@@H]1CCCN1Cc1ccccc1)[C@H](CC(=O)N1CCOC1=O)c1ccc2ccccc2c1.[Ni]. The molecule has 1 N–H and O–H groups in total. The molecule has 2 heterocycles. The fourth-order valence-electron chi connectivity index (χ4n) is 7.20. The van der Waals surface area contributed by atoms with Gasteiger partial charge in [0, 0.05) is 40.9 Å². The van der Waals surface area contributed by atoms with Crippen LogP contribution in [0.15, 0.2) is 132 Å². The average molecular weight is 767 g/mol. The Labute approximate surface area is 323 Å². The van der Waals surface area contributed by atoms with E-state index in [2.05, 4.69) is 10.2 Å². The molecule has 0 aromatic heterocycles. The summed E-state index contributed by atoms with van der Waals surface area (Å²) in [7, 11) is 0. The molecule has 0 radical (unpaired) electrons. The maximum Gasteiger partial charge on any atom is 0.416 e. The van der Waals surface area contributed by atoms with Gasteiger partial charge in [0.1, 0.15) is 6.61 Å². The molecule has 0 saturated carbocycles. The van der Waals surface area contributed by atoms with Crippen LogP contribution >= 0.6 is 0 Å². The van der Waals surface area contributed by atoms with Gasteiger partial charge in [-0.25, -0.2) is 14.5 Å². The summed E-state index contributed by atoms with van der Waals surface area (Å²) < 4.78 is 5.02. The van der Waals surface area contributed by atoms with Crippen molar-refractivity contribution in [2.24, 2.45) is 4.99 Å². The summed E-state index contributed by atoms with van der Waals surface area (Å²) in [6.45, 7) is 1.58. The monoisotopic (exact) mass is 765 g/mol. The summed E-state index contributed by atoms with van der Waals surface area (Å²) in [5, 5.41) is 17.4. The van der Waals surface area contributed by atoms with E-state index in [1.165, 1.54) is 0 Å². The minimum atomic E-state index is -1.46. The third-order valence-corrected chi connectivity index (χ3v) is 9.87. The number of carbonyl (C=O) groups excluding carboxylic acids is 3. The van der Waals surface area contributed by atoms with Crippen molar-refractivity contribution in [1.82, 2.24) is 9.80 Å². The number of carbonyl (C=O) groups is 4. The largest absolute Gasteiger partial charge is 0.625 e. The summed E-state index contributed by atoms with van der Waals surface area (Å²) in [6.07, 6.45) is 0.503. The van der Waals surface area contributed by atoms with Gasteiger partial charge in [-0.05, 0) is 46.8 Å². The van der Waals surface area contributed by atoms with E-state index < -0.39 is 36.0 Å². The van der Waals surface area contributed by atoms with E-state index in [1.54, 1.807) is 30.3 Å². The Balaban J connectivity index is 0.00000497. The Morgan fingerprint density at radius 3 is 2.24 bits per heavy atom. The molecule has 7 rings (SSSR count). The Bertz CT molecular complexity index is 2160. The fourth-order valence-corrected chi connectivity index (χ4v) is 7.20. The average Bonchev–Trinajstić information content (AvgIpc) is 3.84. The molecule has 278 valence electrons. The number of hydrogen-bond donors (Lipinski definition) is 1. The number of benzene rings is 5. The molecule has 0 aliphatic carbocycles. The number of likely N-dealkylation sites (tertiary alicyclic amines) is 1. The predicted molar refractivity (Wildman–Crippen MR) is 202 cm³/mol. The summed E-state index contributed by atoms with van der Waals surface area (Å²) in [5.41, 5.74) is 3.49. The second kappa shape index (κ2) is 17.5. The molecule has 2 saturated heterocycles. The number of ether oxygens (including phenoxy) is 1. The second-order valence-electron chi connectivity index (χ2n) is 13.3. The van der Waals surface area contributed by atoms with Crippen LogP contribution in [0, 0.1) is 0 Å². The molecule has 5 aromatic carbocycles. The number of aliphatic imine (C=N–C) groups is 1. The number of amides is 3. The van der Waals surface area contributed by atoms with Gasteiger partial charge in [-0.3, -0.25) is 14.7 Å². The smallest absolute Gasteiger partial charge is 0.416 e. The van der Waals surface area contributed by atoms with Gasteiger partial charge in [-0.15, -0.1) is 5.69 Å². The third kappa shape index (κ3) is 8.59. The van der Waals surface area contributed by atoms with E-state index in [0.717, 1.165) is 34.2 Å². The first-order valence-electron chi connectivity index (χ1n) is 17.8. The Morgan fingerprint density at radius 1 is 0.833 bits per heavy atom. The standard InChI is InChI=1S/C43H40N4O6.Ni/c48-38(47-24-25-53-43(47)52)27-35(33-22-21-30-14-7-8-17-32(30)26-33)40(42(50)51)45-39(31-15-5-2-6-16-31)34-18-9-10-19-36(34)44-41(49)37-20-11-23-46(37)28-29-12-3-1-4-13-29;/h1-10,12-19,21-22,26,35,37,40H,11,20,23-25,27-28H2,(H2,44,45,49,50,51);/p-1/t35-,37+,40+;/m1./s1. The Morgan fingerprint density at radius 2 is 1.52 bits per heavy atom. The zero-order valence-corrected chi connectivity index (χ0v) is 30.4. The fraction of sp³-hybridized carbons (Fsp3) is 0.233. The molecule has 2 aliphatic heterocycles. The number of cyclic esters (lactones) is 1. The van der Waals surface area contributed by atoms with Gasteiger partial charge >= 0.3 is 12.1 Å². The molecule has 10 nitrogen and oxygen atoms in total. The number of carboxylic acids is 1. The summed E-state index contributed by atoms with van der Waals surface area (Å²) in [4.78, 5) is 61.4. The zero-order chi connectivity index (χ0) is 36.7. The molecule has 0 unspecified atom stereocenters. The summed E-state index contributed by atoms with van der Waals surface area (Å²) in [6, 6.07) is 37.7. The molecular weight excluding hydrogens is 727 g/mol. The molecule has 3 atom stereocenters. The van der Waals surface area contributed by atoms with Gasteiger partial charge in [0.05, 0.1) is 24.2 Å². The van der Waals surface area contributed by atoms with Gasteiger partial charge in [0.25, 0.3) is 0 Å². The van der Waals surface area contributed by atoms with Crippen LogP contribution in [0.3, 0.4) is 0 Å². The van der Waals surface area contributed by atoms with Gasteiger partial charge in [-0.2, -0.15) is 0 Å². The number of rotatable bonds is 12. The van der Waals surface area contributed by atoms with Crippen molar-refractivity contribution in [1.29, 1.82) is 0 Å². The van der Waals surface area contributed by atoms with Crippen LogP contribution in [-0.4, -0.2) is 76.3 Å². The van der Waals surface area contributed by atoms with Crippen LogP contribution < -0.4 is 0 Å². The minimum Gasteiger partial charge on any atom is -0.625 e. The van der Waals surface area contributed by atoms with Gasteiger partial charge in [0.15, 0.2) is 6.04 Å². The third-order valence-electron chi connectivity index (χ3n) is 9.87. The number of aliphatic carboxylic acids is 1. The van der Waals surface area contributed by atoms with E-state index in [4.69, 9.17) is 9.73 Å². The predicted octanol–water partition coefficient (Wildman–Crippen LogP) is 7.48. The number of para-hydroxylation sites is 1. The molecule has 54 heavy (non-hydrogen) atoms.